The van der Waals surface area contributed by atoms with Gasteiger partial charge < -0.3 is 40.7 Å². The van der Waals surface area contributed by atoms with Crippen molar-refractivity contribution in [3.8, 4) is 5.75 Å². The molecule has 77 heavy (non-hydrogen) atoms. The lowest BCUT2D eigenvalue weighted by molar-refractivity contribution is -0.143. The number of rotatable bonds is 17. The van der Waals surface area contributed by atoms with E-state index in [1.165, 1.54) is 11.9 Å². The van der Waals surface area contributed by atoms with Gasteiger partial charge in [-0.25, -0.2) is 28.4 Å². The molecule has 4 aliphatic rings. The molecular formula is C55H74N14O7S. The zero-order valence-corrected chi connectivity index (χ0v) is 46.2. The summed E-state index contributed by atoms with van der Waals surface area (Å²) in [5.74, 6) is 0.643. The standard InChI is InChI=1S/C55H74N14O7S/c1-34-35(2)64-65-48(34)63-49-41-29-46(77(74,75)55(4,5)6)45(30-43(41)59-33-60-49)76-28-12-20-66-24-26-68(27-25-66)54-57-31-39(32-58-54)52(72)67-22-18-38(19-23-67)47(62-50(70)36(3)56-7)53(73)69-21-11-17-44(69)51(71)61-42-16-10-14-37-13-8-9-15-40(37)42/h8-9,13,15,29-33,36,38,42,44,47,56H,10-12,14,16-28H2,1-7H3,(H,61,71)(H,62,70)(H2,59,60,63,64,65)/t36-,42+,44-,47?/m0/s1. The van der Waals surface area contributed by atoms with E-state index in [1.807, 2.05) is 26.0 Å². The minimum atomic E-state index is -3.84. The quantitative estimate of drug-likeness (QED) is 0.0785. The number of H-pyrrole nitrogens is 1. The minimum absolute atomic E-state index is 0.0757. The number of amides is 4. The van der Waals surface area contributed by atoms with E-state index >= 15 is 0 Å². The Bertz CT molecular complexity index is 3060. The smallest absolute Gasteiger partial charge is 0.256 e. The Kier molecular flexibility index (Phi) is 16.7. The van der Waals surface area contributed by atoms with Crippen molar-refractivity contribution < 1.29 is 32.3 Å². The molecule has 1 aliphatic carbocycles. The number of benzene rings is 2. The van der Waals surface area contributed by atoms with Gasteiger partial charge in [0, 0.05) is 87.5 Å². The van der Waals surface area contributed by atoms with Gasteiger partial charge in [0.15, 0.2) is 15.7 Å². The molecule has 2 aromatic carbocycles. The van der Waals surface area contributed by atoms with Crippen LogP contribution in [-0.2, 0) is 30.6 Å². The topological polar surface area (TPSA) is 253 Å². The van der Waals surface area contributed by atoms with Gasteiger partial charge in [-0.05, 0) is 123 Å². The van der Waals surface area contributed by atoms with E-state index in [4.69, 9.17) is 4.74 Å². The first kappa shape index (κ1) is 55.0. The van der Waals surface area contributed by atoms with Gasteiger partial charge in [0.2, 0.25) is 23.7 Å². The zero-order valence-electron chi connectivity index (χ0n) is 45.4. The third-order valence-corrected chi connectivity index (χ3v) is 18.4. The number of hydrogen-bond acceptors (Lipinski definition) is 16. The molecule has 0 saturated carbocycles. The highest BCUT2D eigenvalue weighted by Gasteiger charge is 2.43. The molecule has 21 nitrogen and oxygen atoms in total. The van der Waals surface area contributed by atoms with Crippen LogP contribution in [0.2, 0.25) is 0 Å². The first-order chi connectivity index (χ1) is 36.9. The highest BCUT2D eigenvalue weighted by atomic mass is 32.2. The van der Waals surface area contributed by atoms with Crippen LogP contribution in [0.5, 0.6) is 5.75 Å². The Balaban J connectivity index is 0.764. The van der Waals surface area contributed by atoms with E-state index in [0.717, 1.165) is 55.7 Å². The SMILES string of the molecule is CN[C@@H](C)C(=O)NC(C(=O)N1CCC[C@H]1C(=O)N[C@@H]1CCCc2ccccc21)C1CCN(C(=O)c2cnc(N3CCN(CCCOc4cc5ncnc(Nc6n[nH]c(C)c6C)c5cc4S(=O)(=O)C(C)(C)C)CC3)nc2)CC1. The Labute approximate surface area is 451 Å². The number of fused-ring (bicyclic) bond motifs is 2. The number of likely N-dealkylation sites (tertiary alicyclic amines) is 2. The summed E-state index contributed by atoms with van der Waals surface area (Å²) in [6, 6.07) is 9.35. The van der Waals surface area contributed by atoms with E-state index in [-0.39, 0.29) is 52.8 Å². The monoisotopic (exact) mass is 1070 g/mol. The molecule has 0 radical (unpaired) electrons. The largest absolute Gasteiger partial charge is 0.492 e. The number of sulfone groups is 1. The van der Waals surface area contributed by atoms with Crippen LogP contribution in [0, 0.1) is 19.8 Å². The van der Waals surface area contributed by atoms with Crippen LogP contribution in [0.4, 0.5) is 17.6 Å². The molecule has 1 unspecified atom stereocenters. The Hall–Kier alpha value is -6.78. The molecule has 3 aliphatic heterocycles. The first-order valence-corrected chi connectivity index (χ1v) is 28.6. The summed E-state index contributed by atoms with van der Waals surface area (Å²) < 4.78 is 33.1. The predicted octanol–water partition coefficient (Wildman–Crippen LogP) is 4.80. The molecule has 22 heteroatoms. The first-order valence-electron chi connectivity index (χ1n) is 27.1. The Morgan fingerprint density at radius 2 is 1.62 bits per heavy atom. The van der Waals surface area contributed by atoms with Crippen LogP contribution in [0.15, 0.2) is 60.0 Å². The maximum Gasteiger partial charge on any atom is 0.256 e. The van der Waals surface area contributed by atoms with Crippen molar-refractivity contribution in [1.82, 2.24) is 60.8 Å². The van der Waals surface area contributed by atoms with Crippen LogP contribution in [0.3, 0.4) is 0 Å². The molecule has 6 heterocycles. The highest BCUT2D eigenvalue weighted by molar-refractivity contribution is 7.92. The van der Waals surface area contributed by atoms with Crippen LogP contribution in [0.1, 0.15) is 111 Å². The third kappa shape index (κ3) is 12.0. The minimum Gasteiger partial charge on any atom is -0.492 e. The van der Waals surface area contributed by atoms with Crippen LogP contribution in [0.25, 0.3) is 10.9 Å². The molecule has 0 bridgehead atoms. The van der Waals surface area contributed by atoms with Gasteiger partial charge in [-0.2, -0.15) is 5.10 Å². The molecule has 5 N–H and O–H groups in total. The lowest BCUT2D eigenvalue weighted by Gasteiger charge is -2.38. The van der Waals surface area contributed by atoms with Crippen LogP contribution >= 0.6 is 0 Å². The molecule has 412 valence electrons. The van der Waals surface area contributed by atoms with Crippen molar-refractivity contribution in [3.63, 3.8) is 0 Å². The number of carbonyl (C=O) groups excluding carboxylic acids is 4. The van der Waals surface area contributed by atoms with Crippen molar-refractivity contribution in [1.29, 1.82) is 0 Å². The van der Waals surface area contributed by atoms with Crippen molar-refractivity contribution >= 4 is 62.0 Å². The van der Waals surface area contributed by atoms with Crippen molar-refractivity contribution in [3.05, 3.63) is 83.1 Å². The fourth-order valence-corrected chi connectivity index (χ4v) is 12.1. The summed E-state index contributed by atoms with van der Waals surface area (Å²) in [6.07, 6.45) is 10.2. The number of piperazine rings is 1. The lowest BCUT2D eigenvalue weighted by Crippen LogP contribution is -2.59. The summed E-state index contributed by atoms with van der Waals surface area (Å²) in [7, 11) is -2.14. The van der Waals surface area contributed by atoms with E-state index in [9.17, 15) is 27.6 Å². The summed E-state index contributed by atoms with van der Waals surface area (Å²) >= 11 is 0. The molecule has 0 spiro atoms. The number of hydrogen-bond donors (Lipinski definition) is 5. The number of anilines is 3. The van der Waals surface area contributed by atoms with E-state index in [2.05, 4.69) is 73.3 Å². The fraction of sp³-hybridized carbons (Fsp3) is 0.545. The molecule has 5 aromatic rings. The number of aromatic amines is 1. The van der Waals surface area contributed by atoms with Crippen LogP contribution in [-0.4, -0.2) is 166 Å². The Morgan fingerprint density at radius 1 is 0.883 bits per heavy atom. The highest BCUT2D eigenvalue weighted by Crippen LogP contribution is 2.38. The third-order valence-electron chi connectivity index (χ3n) is 15.9. The van der Waals surface area contributed by atoms with Crippen molar-refractivity contribution in [2.24, 2.45) is 5.92 Å². The summed E-state index contributed by atoms with van der Waals surface area (Å²) in [4.78, 5) is 81.7. The number of nitrogens with zero attached hydrogens (tertiary/aromatic N) is 9. The average Bonchev–Trinajstić information content (AvgIpc) is 4.08. The summed E-state index contributed by atoms with van der Waals surface area (Å²) in [5.41, 5.74) is 5.11. The molecular weight excluding hydrogens is 1000 g/mol. The number of aryl methyl sites for hydroxylation is 2. The zero-order chi connectivity index (χ0) is 54.6. The van der Waals surface area contributed by atoms with E-state index in [0.29, 0.717) is 98.9 Å². The number of ether oxygens (including phenoxy) is 1. The second-order valence-electron chi connectivity index (χ2n) is 21.9. The Morgan fingerprint density at radius 3 is 2.32 bits per heavy atom. The van der Waals surface area contributed by atoms with Gasteiger partial charge >= 0.3 is 0 Å². The molecule has 4 amide bonds. The van der Waals surface area contributed by atoms with E-state index < -0.39 is 32.7 Å². The normalized spacial score (nSPS) is 19.4. The van der Waals surface area contributed by atoms with Crippen molar-refractivity contribution in [2.45, 2.75) is 127 Å². The van der Waals surface area contributed by atoms with Gasteiger partial charge in [-0.15, -0.1) is 0 Å². The maximum atomic E-state index is 14.5. The number of aromatic nitrogens is 6. The summed E-state index contributed by atoms with van der Waals surface area (Å²) in [5, 5.41) is 20.3. The number of likely N-dealkylation sites (N-methyl/N-ethyl adjacent to an activating group) is 1. The van der Waals surface area contributed by atoms with E-state index in [1.54, 1.807) is 69.1 Å². The second kappa shape index (κ2) is 23.4. The average molecular weight is 1080 g/mol. The number of piperidine rings is 1. The maximum absolute atomic E-state index is 14.5. The molecule has 3 fully saturated rings. The summed E-state index contributed by atoms with van der Waals surface area (Å²) in [6.45, 7) is 15.7. The molecule has 9 rings (SSSR count). The second-order valence-corrected chi connectivity index (χ2v) is 24.5. The lowest BCUT2D eigenvalue weighted by atomic mass is 9.87. The number of carbonyl (C=O) groups is 4. The molecule has 3 saturated heterocycles. The van der Waals surface area contributed by atoms with Crippen molar-refractivity contribution in [2.75, 3.05) is 76.2 Å². The van der Waals surface area contributed by atoms with Gasteiger partial charge in [0.25, 0.3) is 5.91 Å². The van der Waals surface area contributed by atoms with Crippen LogP contribution < -0.4 is 30.9 Å². The molecule has 4 atom stereocenters. The predicted molar refractivity (Wildman–Crippen MR) is 293 cm³/mol. The molecule has 3 aromatic heterocycles. The number of nitrogens with one attached hydrogen (secondary N) is 5. The van der Waals surface area contributed by atoms with Gasteiger partial charge in [0.05, 0.1) is 34.5 Å². The fourth-order valence-electron chi connectivity index (χ4n) is 10.8. The van der Waals surface area contributed by atoms with Gasteiger partial charge in [-0.3, -0.25) is 29.2 Å². The van der Waals surface area contributed by atoms with Gasteiger partial charge in [0.1, 0.15) is 34.9 Å². The van der Waals surface area contributed by atoms with Gasteiger partial charge in [-0.1, -0.05) is 24.3 Å².